The number of benzene rings is 2. The molecule has 7 nitrogen and oxygen atoms in total. The van der Waals surface area contributed by atoms with Crippen molar-refractivity contribution in [3.05, 3.63) is 99.1 Å². The second-order valence-corrected chi connectivity index (χ2v) is 8.85. The third kappa shape index (κ3) is 4.91. The predicted molar refractivity (Wildman–Crippen MR) is 133 cm³/mol. The smallest absolute Gasteiger partial charge is 0.351 e. The van der Waals surface area contributed by atoms with E-state index in [0.29, 0.717) is 47.8 Å². The zero-order valence-electron chi connectivity index (χ0n) is 20.0. The fourth-order valence-electron chi connectivity index (χ4n) is 4.48. The van der Waals surface area contributed by atoms with Crippen LogP contribution in [-0.2, 0) is 32.2 Å². The molecular weight excluding hydrogens is 483 g/mol. The Morgan fingerprint density at radius 3 is 2.59 bits per heavy atom. The van der Waals surface area contributed by atoms with Crippen LogP contribution in [0.15, 0.2) is 65.6 Å². The van der Waals surface area contributed by atoms with E-state index in [1.807, 2.05) is 31.2 Å². The van der Waals surface area contributed by atoms with Crippen LogP contribution in [0.1, 0.15) is 39.7 Å². The number of pyridine rings is 1. The van der Waals surface area contributed by atoms with Gasteiger partial charge in [-0.3, -0.25) is 19.1 Å². The molecule has 1 aliphatic rings. The average Bonchev–Trinajstić information content (AvgIpc) is 2.91. The summed E-state index contributed by atoms with van der Waals surface area (Å²) in [6.07, 6.45) is -2.43. The molecule has 0 saturated heterocycles. The molecule has 0 saturated carbocycles. The van der Waals surface area contributed by atoms with Gasteiger partial charge in [0.1, 0.15) is 0 Å². The number of anilines is 1. The molecule has 2 aromatic carbocycles. The van der Waals surface area contributed by atoms with Crippen LogP contribution >= 0.6 is 0 Å². The van der Waals surface area contributed by atoms with Crippen molar-refractivity contribution < 1.29 is 18.0 Å². The third-order valence-corrected chi connectivity index (χ3v) is 6.49. The summed E-state index contributed by atoms with van der Waals surface area (Å²) in [5.74, 6) is 0.153. The second-order valence-electron chi connectivity index (χ2n) is 8.85. The summed E-state index contributed by atoms with van der Waals surface area (Å²) in [5.41, 5.74) is 2.02. The van der Waals surface area contributed by atoms with Gasteiger partial charge in [0.05, 0.1) is 34.4 Å². The molecule has 190 valence electrons. The number of alkyl halides is 3. The Morgan fingerprint density at radius 1 is 1.11 bits per heavy atom. The number of fused-ring (bicyclic) bond motifs is 2. The number of nitrogens with one attached hydrogen (secondary N) is 1. The first kappa shape index (κ1) is 24.5. The van der Waals surface area contributed by atoms with Gasteiger partial charge >= 0.3 is 6.18 Å². The van der Waals surface area contributed by atoms with Gasteiger partial charge in [-0.25, -0.2) is 4.98 Å². The molecule has 5 rings (SSSR count). The van der Waals surface area contributed by atoms with E-state index in [0.717, 1.165) is 23.0 Å². The lowest BCUT2D eigenvalue weighted by Gasteiger charge is -2.29. The minimum atomic E-state index is -4.39. The van der Waals surface area contributed by atoms with Gasteiger partial charge < -0.3 is 10.2 Å². The van der Waals surface area contributed by atoms with Gasteiger partial charge in [0, 0.05) is 37.6 Å². The van der Waals surface area contributed by atoms with Gasteiger partial charge in [-0.05, 0) is 36.8 Å². The van der Waals surface area contributed by atoms with Gasteiger partial charge in [-0.2, -0.15) is 13.2 Å². The molecule has 0 radical (unpaired) electrons. The van der Waals surface area contributed by atoms with Crippen molar-refractivity contribution in [2.45, 2.75) is 39.2 Å². The van der Waals surface area contributed by atoms with Crippen molar-refractivity contribution in [2.75, 3.05) is 11.9 Å². The molecular formula is C27H24F3N5O2. The SMILES string of the molecule is CCn1c(NCc2ccc(C(F)(F)F)cc2)nc2c(c1=O)CN(C(=O)c1cnc3ccccc3c1)CC2. The number of nitrogens with zero attached hydrogens (tertiary/aromatic N) is 4. The molecule has 10 heteroatoms. The molecule has 37 heavy (non-hydrogen) atoms. The Kier molecular flexibility index (Phi) is 6.41. The molecule has 1 amide bonds. The number of rotatable bonds is 5. The van der Waals surface area contributed by atoms with Crippen molar-refractivity contribution in [3.63, 3.8) is 0 Å². The first-order valence-corrected chi connectivity index (χ1v) is 11.9. The van der Waals surface area contributed by atoms with Crippen LogP contribution in [0, 0.1) is 0 Å². The van der Waals surface area contributed by atoms with Crippen LogP contribution in [0.2, 0.25) is 0 Å². The Balaban J connectivity index is 1.35. The van der Waals surface area contributed by atoms with Crippen LogP contribution in [0.5, 0.6) is 0 Å². The minimum Gasteiger partial charge on any atom is -0.351 e. The maximum atomic E-state index is 13.3. The van der Waals surface area contributed by atoms with E-state index in [1.54, 1.807) is 17.2 Å². The van der Waals surface area contributed by atoms with Gasteiger partial charge in [0.2, 0.25) is 5.95 Å². The van der Waals surface area contributed by atoms with Crippen molar-refractivity contribution in [1.82, 2.24) is 19.4 Å². The van der Waals surface area contributed by atoms with Crippen LogP contribution in [0.25, 0.3) is 10.9 Å². The Hall–Kier alpha value is -4.21. The number of hydrogen-bond acceptors (Lipinski definition) is 5. The molecule has 4 aromatic rings. The van der Waals surface area contributed by atoms with Crippen LogP contribution in [-0.4, -0.2) is 31.9 Å². The van der Waals surface area contributed by atoms with Crippen molar-refractivity contribution in [2.24, 2.45) is 0 Å². The highest BCUT2D eigenvalue weighted by atomic mass is 19.4. The summed E-state index contributed by atoms with van der Waals surface area (Å²) < 4.78 is 39.9. The summed E-state index contributed by atoms with van der Waals surface area (Å²) in [7, 11) is 0. The quantitative estimate of drug-likeness (QED) is 0.426. The lowest BCUT2D eigenvalue weighted by Crippen LogP contribution is -2.41. The fraction of sp³-hybridized carbons (Fsp3) is 0.259. The summed E-state index contributed by atoms with van der Waals surface area (Å²) >= 11 is 0. The number of para-hydroxylation sites is 1. The van der Waals surface area contributed by atoms with Crippen LogP contribution in [0.4, 0.5) is 19.1 Å². The molecule has 3 heterocycles. The first-order chi connectivity index (χ1) is 17.7. The maximum Gasteiger partial charge on any atom is 0.416 e. The van der Waals surface area contributed by atoms with Crippen molar-refractivity contribution in [1.29, 1.82) is 0 Å². The number of carbonyl (C=O) groups is 1. The minimum absolute atomic E-state index is 0.145. The largest absolute Gasteiger partial charge is 0.416 e. The summed E-state index contributed by atoms with van der Waals surface area (Å²) in [6, 6.07) is 14.2. The highest BCUT2D eigenvalue weighted by Gasteiger charge is 2.30. The van der Waals surface area contributed by atoms with Gasteiger partial charge in [-0.15, -0.1) is 0 Å². The average molecular weight is 508 g/mol. The van der Waals surface area contributed by atoms with E-state index in [4.69, 9.17) is 0 Å². The first-order valence-electron chi connectivity index (χ1n) is 11.9. The molecule has 1 N–H and O–H groups in total. The Morgan fingerprint density at radius 2 is 1.86 bits per heavy atom. The molecule has 0 unspecified atom stereocenters. The van der Waals surface area contributed by atoms with Crippen LogP contribution in [0.3, 0.4) is 0 Å². The number of halogens is 3. The molecule has 0 atom stereocenters. The highest BCUT2D eigenvalue weighted by molar-refractivity contribution is 5.97. The Labute approximate surface area is 210 Å². The molecule has 1 aliphatic heterocycles. The van der Waals surface area contributed by atoms with E-state index in [9.17, 15) is 22.8 Å². The van der Waals surface area contributed by atoms with Gasteiger partial charge in [-0.1, -0.05) is 30.3 Å². The molecule has 0 aliphatic carbocycles. The van der Waals surface area contributed by atoms with Crippen molar-refractivity contribution >= 4 is 22.8 Å². The maximum absolute atomic E-state index is 13.3. The van der Waals surface area contributed by atoms with E-state index < -0.39 is 11.7 Å². The summed E-state index contributed by atoms with van der Waals surface area (Å²) in [5, 5.41) is 3.95. The topological polar surface area (TPSA) is 80.1 Å². The van der Waals surface area contributed by atoms with Gasteiger partial charge in [0.15, 0.2) is 0 Å². The van der Waals surface area contributed by atoms with E-state index in [1.165, 1.54) is 16.7 Å². The third-order valence-electron chi connectivity index (χ3n) is 6.49. The lowest BCUT2D eigenvalue weighted by molar-refractivity contribution is -0.137. The zero-order valence-corrected chi connectivity index (χ0v) is 20.0. The number of carbonyl (C=O) groups excluding carboxylic acids is 1. The Bertz CT molecular complexity index is 1530. The number of aromatic nitrogens is 3. The van der Waals surface area contributed by atoms with Crippen LogP contribution < -0.4 is 10.9 Å². The van der Waals surface area contributed by atoms with Crippen molar-refractivity contribution in [3.8, 4) is 0 Å². The number of hydrogen-bond donors (Lipinski definition) is 1. The summed E-state index contributed by atoms with van der Waals surface area (Å²) in [6.45, 7) is 2.91. The number of amides is 1. The molecule has 0 spiro atoms. The van der Waals surface area contributed by atoms with Gasteiger partial charge in [0.25, 0.3) is 11.5 Å². The lowest BCUT2D eigenvalue weighted by atomic mass is 10.1. The standard InChI is InChI=1S/C27H24F3N5O2/c1-2-35-25(37)21-16-34(24(36)19-13-18-5-3-4-6-22(18)31-15-19)12-11-23(21)33-26(35)32-14-17-7-9-20(10-8-17)27(28,29)30/h3-10,13,15H,2,11-12,14,16H2,1H3,(H,32,33). The molecule has 0 fully saturated rings. The zero-order chi connectivity index (χ0) is 26.2. The summed E-state index contributed by atoms with van der Waals surface area (Å²) in [4.78, 5) is 37.2. The van der Waals surface area contributed by atoms with E-state index in [-0.39, 0.29) is 24.6 Å². The monoisotopic (exact) mass is 507 g/mol. The van der Waals surface area contributed by atoms with E-state index in [2.05, 4.69) is 15.3 Å². The fourth-order valence-corrected chi connectivity index (χ4v) is 4.48. The normalized spacial score (nSPS) is 13.5. The molecule has 0 bridgehead atoms. The second kappa shape index (κ2) is 9.68. The predicted octanol–water partition coefficient (Wildman–Crippen LogP) is 4.64. The highest BCUT2D eigenvalue weighted by Crippen LogP contribution is 2.29. The van der Waals surface area contributed by atoms with E-state index >= 15 is 0 Å². The molecule has 2 aromatic heterocycles.